The monoisotopic (exact) mass is 352 g/mol. The Labute approximate surface area is 146 Å². The molecule has 3 aromatic carbocycles. The summed E-state index contributed by atoms with van der Waals surface area (Å²) >= 11 is 0. The van der Waals surface area contributed by atoms with Crippen LogP contribution in [-0.4, -0.2) is 20.9 Å². The Bertz CT molecular complexity index is 1080. The minimum atomic E-state index is -3.94. The number of anilines is 1. The predicted molar refractivity (Wildman–Crippen MR) is 97.8 cm³/mol. The van der Waals surface area contributed by atoms with Crippen LogP contribution in [0.15, 0.2) is 66.7 Å². The Morgan fingerprint density at radius 3 is 2.48 bits per heavy atom. The van der Waals surface area contributed by atoms with Crippen molar-refractivity contribution in [2.45, 2.75) is 6.42 Å². The molecule has 0 saturated carbocycles. The van der Waals surface area contributed by atoms with Crippen molar-refractivity contribution in [2.75, 3.05) is 10.8 Å². The van der Waals surface area contributed by atoms with Crippen LogP contribution in [0.4, 0.5) is 5.69 Å². The lowest BCUT2D eigenvalue weighted by Gasteiger charge is -2.19. The predicted octanol–water partition coefficient (Wildman–Crippen LogP) is 2.88. The van der Waals surface area contributed by atoms with Crippen molar-refractivity contribution in [3.8, 4) is 0 Å². The minimum Gasteiger partial charge on any atom is -0.268 e. The second-order valence-electron chi connectivity index (χ2n) is 5.95. The van der Waals surface area contributed by atoms with Gasteiger partial charge in [0.2, 0.25) is 0 Å². The molecule has 0 atom stereocenters. The third-order valence-electron chi connectivity index (χ3n) is 4.37. The molecule has 4 rings (SSSR count). The van der Waals surface area contributed by atoms with Crippen LogP contribution >= 0.6 is 0 Å². The van der Waals surface area contributed by atoms with E-state index >= 15 is 0 Å². The van der Waals surface area contributed by atoms with E-state index in [0.717, 1.165) is 16.3 Å². The Morgan fingerprint density at radius 1 is 0.920 bits per heavy atom. The van der Waals surface area contributed by atoms with Crippen molar-refractivity contribution in [1.29, 1.82) is 0 Å². The highest BCUT2D eigenvalue weighted by Gasteiger charge is 2.30. The number of para-hydroxylation sites is 1. The fourth-order valence-corrected chi connectivity index (χ4v) is 4.35. The highest BCUT2D eigenvalue weighted by Crippen LogP contribution is 2.29. The lowest BCUT2D eigenvalue weighted by molar-refractivity contribution is 0.0981. The lowest BCUT2D eigenvalue weighted by atomic mass is 10.1. The van der Waals surface area contributed by atoms with Crippen LogP contribution in [0.3, 0.4) is 0 Å². The number of hydrogen-bond donors (Lipinski definition) is 1. The maximum Gasteiger partial charge on any atom is 0.326 e. The van der Waals surface area contributed by atoms with E-state index in [-0.39, 0.29) is 0 Å². The zero-order valence-corrected chi connectivity index (χ0v) is 14.2. The maximum atomic E-state index is 12.6. The van der Waals surface area contributed by atoms with Crippen LogP contribution in [0.25, 0.3) is 10.8 Å². The number of nitrogens with one attached hydrogen (secondary N) is 1. The molecule has 0 radical (unpaired) electrons. The Hall–Kier alpha value is -2.86. The fourth-order valence-electron chi connectivity index (χ4n) is 3.12. The molecular formula is C19H16N2O3S. The van der Waals surface area contributed by atoms with E-state index in [0.29, 0.717) is 24.2 Å². The van der Waals surface area contributed by atoms with Gasteiger partial charge in [0.05, 0.1) is 5.69 Å². The fraction of sp³-hybridized carbons (Fsp3) is 0.105. The highest BCUT2D eigenvalue weighted by atomic mass is 32.2. The lowest BCUT2D eigenvalue weighted by Crippen LogP contribution is -2.42. The van der Waals surface area contributed by atoms with Crippen molar-refractivity contribution >= 4 is 32.6 Å². The maximum absolute atomic E-state index is 12.6. The van der Waals surface area contributed by atoms with Gasteiger partial charge in [-0.1, -0.05) is 48.5 Å². The second-order valence-corrected chi connectivity index (χ2v) is 7.54. The van der Waals surface area contributed by atoms with Crippen LogP contribution in [0.5, 0.6) is 0 Å². The summed E-state index contributed by atoms with van der Waals surface area (Å²) in [6.07, 6.45) is 0.640. The zero-order chi connectivity index (χ0) is 17.4. The molecule has 0 aliphatic carbocycles. The molecule has 1 aliphatic heterocycles. The van der Waals surface area contributed by atoms with E-state index in [1.807, 2.05) is 42.5 Å². The summed E-state index contributed by atoms with van der Waals surface area (Å²) in [4.78, 5) is 12.5. The molecule has 0 spiro atoms. The van der Waals surface area contributed by atoms with Crippen LogP contribution in [0.1, 0.15) is 15.9 Å². The standard InChI is InChI=1S/C19H16N2O3S/c22-19(17-10-9-14-5-1-2-7-16(14)13-17)20-25(23,24)21-12-11-15-6-3-4-8-18(15)21/h1-10,13H,11-12H2,(H,20,22). The minimum absolute atomic E-state index is 0.315. The molecule has 1 heterocycles. The van der Waals surface area contributed by atoms with Crippen LogP contribution < -0.4 is 9.03 Å². The first-order valence-corrected chi connectivity index (χ1v) is 9.40. The molecule has 0 aromatic heterocycles. The largest absolute Gasteiger partial charge is 0.326 e. The Kier molecular flexibility index (Phi) is 3.69. The topological polar surface area (TPSA) is 66.5 Å². The van der Waals surface area contributed by atoms with E-state index in [2.05, 4.69) is 4.72 Å². The molecule has 3 aromatic rings. The van der Waals surface area contributed by atoms with Gasteiger partial charge in [0, 0.05) is 12.1 Å². The Balaban J connectivity index is 1.61. The molecule has 126 valence electrons. The van der Waals surface area contributed by atoms with Gasteiger partial charge in [-0.15, -0.1) is 0 Å². The average molecular weight is 352 g/mol. The number of amides is 1. The smallest absolute Gasteiger partial charge is 0.268 e. The molecule has 0 bridgehead atoms. The third-order valence-corrected chi connectivity index (χ3v) is 5.77. The highest BCUT2D eigenvalue weighted by molar-refractivity contribution is 7.91. The third kappa shape index (κ3) is 2.85. The van der Waals surface area contributed by atoms with Crippen molar-refractivity contribution in [1.82, 2.24) is 4.72 Å². The number of benzene rings is 3. The van der Waals surface area contributed by atoms with Gasteiger partial charge in [-0.3, -0.25) is 9.10 Å². The first-order valence-electron chi connectivity index (χ1n) is 7.96. The van der Waals surface area contributed by atoms with E-state index in [1.54, 1.807) is 24.3 Å². The van der Waals surface area contributed by atoms with Gasteiger partial charge in [0.25, 0.3) is 5.91 Å². The summed E-state index contributed by atoms with van der Waals surface area (Å²) in [5.41, 5.74) is 1.90. The molecule has 0 saturated heterocycles. The van der Waals surface area contributed by atoms with Gasteiger partial charge in [-0.25, -0.2) is 4.72 Å². The summed E-state index contributed by atoms with van der Waals surface area (Å²) in [5.74, 6) is -0.630. The number of hydrogen-bond acceptors (Lipinski definition) is 3. The molecule has 0 unspecified atom stereocenters. The number of fused-ring (bicyclic) bond motifs is 2. The molecule has 1 aliphatic rings. The number of carbonyl (C=O) groups excluding carboxylic acids is 1. The summed E-state index contributed by atoms with van der Waals surface area (Å²) in [7, 11) is -3.94. The van der Waals surface area contributed by atoms with E-state index < -0.39 is 16.1 Å². The summed E-state index contributed by atoms with van der Waals surface area (Å²) in [5, 5.41) is 1.88. The molecule has 1 amide bonds. The quantitative estimate of drug-likeness (QED) is 0.788. The van der Waals surface area contributed by atoms with Crippen molar-refractivity contribution in [2.24, 2.45) is 0 Å². The van der Waals surface area contributed by atoms with E-state index in [4.69, 9.17) is 0 Å². The summed E-state index contributed by atoms with van der Waals surface area (Å²) in [6.45, 7) is 0.333. The zero-order valence-electron chi connectivity index (χ0n) is 13.3. The number of rotatable bonds is 3. The van der Waals surface area contributed by atoms with Crippen LogP contribution in [0, 0.1) is 0 Å². The molecule has 1 N–H and O–H groups in total. The van der Waals surface area contributed by atoms with Crippen molar-refractivity contribution in [3.05, 3.63) is 77.9 Å². The molecule has 5 nitrogen and oxygen atoms in total. The van der Waals surface area contributed by atoms with Crippen molar-refractivity contribution in [3.63, 3.8) is 0 Å². The van der Waals surface area contributed by atoms with Gasteiger partial charge in [-0.2, -0.15) is 8.42 Å². The first-order chi connectivity index (χ1) is 12.0. The van der Waals surface area contributed by atoms with Crippen LogP contribution in [0.2, 0.25) is 0 Å². The van der Waals surface area contributed by atoms with Gasteiger partial charge < -0.3 is 0 Å². The summed E-state index contributed by atoms with van der Waals surface area (Å²) in [6, 6.07) is 20.1. The van der Waals surface area contributed by atoms with Gasteiger partial charge in [0.1, 0.15) is 0 Å². The molecular weight excluding hydrogens is 336 g/mol. The Morgan fingerprint density at radius 2 is 1.64 bits per heavy atom. The molecule has 25 heavy (non-hydrogen) atoms. The normalized spacial score (nSPS) is 13.7. The number of carbonyl (C=O) groups is 1. The first kappa shape index (κ1) is 15.7. The molecule has 0 fully saturated rings. The molecule has 6 heteroatoms. The van der Waals surface area contributed by atoms with E-state index in [1.165, 1.54) is 4.31 Å². The van der Waals surface area contributed by atoms with Gasteiger partial charge in [0.15, 0.2) is 0 Å². The van der Waals surface area contributed by atoms with Crippen LogP contribution in [-0.2, 0) is 16.6 Å². The van der Waals surface area contributed by atoms with Crippen molar-refractivity contribution < 1.29 is 13.2 Å². The van der Waals surface area contributed by atoms with Gasteiger partial charge in [-0.05, 0) is 41.0 Å². The summed E-state index contributed by atoms with van der Waals surface area (Å²) < 4.78 is 28.7. The SMILES string of the molecule is O=C(NS(=O)(=O)N1CCc2ccccc21)c1ccc2ccccc2c1. The average Bonchev–Trinajstić information content (AvgIpc) is 3.06. The van der Waals surface area contributed by atoms with Gasteiger partial charge >= 0.3 is 10.2 Å². The van der Waals surface area contributed by atoms with E-state index in [9.17, 15) is 13.2 Å². The number of nitrogens with zero attached hydrogens (tertiary/aromatic N) is 1. The second kappa shape index (κ2) is 5.89.